The van der Waals surface area contributed by atoms with Gasteiger partial charge in [-0.2, -0.15) is 0 Å². The van der Waals surface area contributed by atoms with Gasteiger partial charge in [0.1, 0.15) is 0 Å². The lowest BCUT2D eigenvalue weighted by Crippen LogP contribution is -2.13. The second-order valence-corrected chi connectivity index (χ2v) is 3.94. The molecule has 0 saturated heterocycles. The van der Waals surface area contributed by atoms with E-state index in [2.05, 4.69) is 26.8 Å². The molecule has 1 aliphatic carbocycles. The molecule has 0 aliphatic heterocycles. The first-order chi connectivity index (χ1) is 5.23. The van der Waals surface area contributed by atoms with Crippen molar-refractivity contribution < 1.29 is 0 Å². The molecule has 0 aromatic carbocycles. The summed E-state index contributed by atoms with van der Waals surface area (Å²) in [6.07, 6.45) is 9.28. The van der Waals surface area contributed by atoms with Crippen LogP contribution in [0.25, 0.3) is 0 Å². The van der Waals surface area contributed by atoms with Crippen LogP contribution in [0.3, 0.4) is 0 Å². The predicted octanol–water partition coefficient (Wildman–Crippen LogP) is 3.92. The van der Waals surface area contributed by atoms with Gasteiger partial charge in [-0.25, -0.2) is 0 Å². The minimum atomic E-state index is 0.573. The lowest BCUT2D eigenvalue weighted by Gasteiger charge is -2.26. The Balaban J connectivity index is 2.69. The highest BCUT2D eigenvalue weighted by molar-refractivity contribution is 5.13. The minimum absolute atomic E-state index is 0.573. The number of hydrogen-bond donors (Lipinski definition) is 0. The van der Waals surface area contributed by atoms with Gasteiger partial charge < -0.3 is 0 Å². The summed E-state index contributed by atoms with van der Waals surface area (Å²) < 4.78 is 0. The Bertz CT molecular complexity index is 147. The zero-order valence-corrected chi connectivity index (χ0v) is 8.11. The third kappa shape index (κ3) is 1.66. The van der Waals surface area contributed by atoms with Gasteiger partial charge in [0.2, 0.25) is 0 Å². The van der Waals surface area contributed by atoms with Crippen LogP contribution < -0.4 is 0 Å². The van der Waals surface area contributed by atoms with Gasteiger partial charge in [0.05, 0.1) is 0 Å². The molecule has 11 heavy (non-hydrogen) atoms. The largest absolute Gasteiger partial charge is 0.0879 e. The molecule has 0 spiro atoms. The van der Waals surface area contributed by atoms with Gasteiger partial charge in [-0.05, 0) is 31.6 Å². The molecule has 0 heterocycles. The van der Waals surface area contributed by atoms with E-state index in [9.17, 15) is 0 Å². The predicted molar refractivity (Wildman–Crippen MR) is 50.6 cm³/mol. The summed E-state index contributed by atoms with van der Waals surface area (Å²) in [4.78, 5) is 0. The molecule has 0 aromatic rings. The van der Waals surface area contributed by atoms with Crippen molar-refractivity contribution in [3.63, 3.8) is 0 Å². The second-order valence-electron chi connectivity index (χ2n) is 3.94. The van der Waals surface area contributed by atoms with Crippen molar-refractivity contribution in [3.05, 3.63) is 11.6 Å². The van der Waals surface area contributed by atoms with E-state index in [4.69, 9.17) is 0 Å². The maximum atomic E-state index is 2.43. The van der Waals surface area contributed by atoms with Crippen molar-refractivity contribution in [2.75, 3.05) is 0 Å². The van der Waals surface area contributed by atoms with Gasteiger partial charge >= 0.3 is 0 Å². The lowest BCUT2D eigenvalue weighted by molar-refractivity contribution is 0.402. The van der Waals surface area contributed by atoms with Crippen LogP contribution in [0.15, 0.2) is 11.6 Å². The third-order valence-electron chi connectivity index (χ3n) is 3.21. The van der Waals surface area contributed by atoms with Crippen molar-refractivity contribution in [1.82, 2.24) is 0 Å². The first-order valence-electron chi connectivity index (χ1n) is 4.88. The fourth-order valence-corrected chi connectivity index (χ4v) is 2.46. The summed E-state index contributed by atoms with van der Waals surface area (Å²) in [6, 6.07) is 0. The van der Waals surface area contributed by atoms with E-state index in [1.807, 2.05) is 0 Å². The third-order valence-corrected chi connectivity index (χ3v) is 3.21. The summed E-state index contributed by atoms with van der Waals surface area (Å²) in [5, 5.41) is 0. The molecule has 0 unspecified atom stereocenters. The molecule has 0 heteroatoms. The van der Waals surface area contributed by atoms with Crippen molar-refractivity contribution >= 4 is 0 Å². The van der Waals surface area contributed by atoms with Gasteiger partial charge in [0.15, 0.2) is 0 Å². The van der Waals surface area contributed by atoms with E-state index >= 15 is 0 Å². The van der Waals surface area contributed by atoms with E-state index in [0.29, 0.717) is 5.41 Å². The fraction of sp³-hybridized carbons (Fsp3) is 0.818. The molecule has 1 rings (SSSR count). The van der Waals surface area contributed by atoms with E-state index in [0.717, 1.165) is 0 Å². The molecule has 1 aliphatic rings. The summed E-state index contributed by atoms with van der Waals surface area (Å²) in [6.45, 7) is 6.89. The van der Waals surface area contributed by atoms with E-state index in [-0.39, 0.29) is 0 Å². The van der Waals surface area contributed by atoms with E-state index in [1.54, 1.807) is 5.57 Å². The molecule has 0 atom stereocenters. The van der Waals surface area contributed by atoms with Crippen LogP contribution in [-0.2, 0) is 0 Å². The highest BCUT2D eigenvalue weighted by Gasteiger charge is 2.30. The van der Waals surface area contributed by atoms with Gasteiger partial charge in [-0.3, -0.25) is 0 Å². The molecule has 0 amide bonds. The van der Waals surface area contributed by atoms with Crippen LogP contribution in [-0.4, -0.2) is 0 Å². The van der Waals surface area contributed by atoms with Crippen LogP contribution in [0.5, 0.6) is 0 Å². The maximum absolute atomic E-state index is 2.43. The molecule has 0 bridgehead atoms. The molecule has 0 nitrogen and oxygen atoms in total. The van der Waals surface area contributed by atoms with Gasteiger partial charge in [-0.1, -0.05) is 38.3 Å². The number of rotatable bonds is 2. The summed E-state index contributed by atoms with van der Waals surface area (Å²) in [7, 11) is 0. The quantitative estimate of drug-likeness (QED) is 0.526. The first kappa shape index (κ1) is 8.83. The molecule has 1 saturated carbocycles. The molecular formula is C11H20. The summed E-state index contributed by atoms with van der Waals surface area (Å²) in [5.74, 6) is 0. The highest BCUT2D eigenvalue weighted by atomic mass is 14.4. The highest BCUT2D eigenvalue weighted by Crippen LogP contribution is 2.44. The Labute approximate surface area is 70.7 Å². The van der Waals surface area contributed by atoms with E-state index < -0.39 is 0 Å². The Morgan fingerprint density at radius 2 is 1.91 bits per heavy atom. The van der Waals surface area contributed by atoms with Crippen LogP contribution in [0.4, 0.5) is 0 Å². The van der Waals surface area contributed by atoms with Crippen LogP contribution in [0.2, 0.25) is 0 Å². The second kappa shape index (κ2) is 3.42. The SMILES string of the molecule is C/C=C(\CC)C1(C)CCCC1. The normalized spacial score (nSPS) is 24.1. The minimum Gasteiger partial charge on any atom is -0.0879 e. The average molecular weight is 152 g/mol. The maximum Gasteiger partial charge on any atom is -0.0117 e. The number of hydrogen-bond acceptors (Lipinski definition) is 0. The standard InChI is InChI=1S/C11H20/c1-4-10(5-2)11(3)8-6-7-9-11/h4H,5-9H2,1-3H3/b10-4+. The Morgan fingerprint density at radius 1 is 1.36 bits per heavy atom. The van der Waals surface area contributed by atoms with Crippen molar-refractivity contribution in [2.45, 2.75) is 52.9 Å². The van der Waals surface area contributed by atoms with Crippen LogP contribution in [0.1, 0.15) is 52.9 Å². The van der Waals surface area contributed by atoms with Crippen LogP contribution >= 0.6 is 0 Å². The zero-order chi connectivity index (χ0) is 8.32. The summed E-state index contributed by atoms with van der Waals surface area (Å²) in [5.41, 5.74) is 2.25. The molecule has 64 valence electrons. The molecular weight excluding hydrogens is 132 g/mol. The fourth-order valence-electron chi connectivity index (χ4n) is 2.46. The molecule has 1 fully saturated rings. The van der Waals surface area contributed by atoms with E-state index in [1.165, 1.54) is 32.1 Å². The lowest BCUT2D eigenvalue weighted by atomic mass is 9.79. The zero-order valence-electron chi connectivity index (χ0n) is 8.11. The summed E-state index contributed by atoms with van der Waals surface area (Å²) >= 11 is 0. The van der Waals surface area contributed by atoms with Crippen LogP contribution in [0, 0.1) is 5.41 Å². The smallest absolute Gasteiger partial charge is 0.0117 e. The van der Waals surface area contributed by atoms with Gasteiger partial charge in [-0.15, -0.1) is 0 Å². The molecule has 0 aromatic heterocycles. The first-order valence-corrected chi connectivity index (χ1v) is 4.88. The Hall–Kier alpha value is -0.260. The van der Waals surface area contributed by atoms with Gasteiger partial charge in [0.25, 0.3) is 0 Å². The van der Waals surface area contributed by atoms with Crippen molar-refractivity contribution in [3.8, 4) is 0 Å². The topological polar surface area (TPSA) is 0 Å². The Morgan fingerprint density at radius 3 is 2.27 bits per heavy atom. The molecule has 0 N–H and O–H groups in total. The molecule has 0 radical (unpaired) electrons. The van der Waals surface area contributed by atoms with Crippen molar-refractivity contribution in [1.29, 1.82) is 0 Å². The number of allylic oxidation sites excluding steroid dienone is 2. The van der Waals surface area contributed by atoms with Crippen molar-refractivity contribution in [2.24, 2.45) is 5.41 Å². The monoisotopic (exact) mass is 152 g/mol. The Kier molecular flexibility index (Phi) is 2.75. The van der Waals surface area contributed by atoms with Gasteiger partial charge in [0, 0.05) is 0 Å². The average Bonchev–Trinajstić information content (AvgIpc) is 2.39.